The van der Waals surface area contributed by atoms with Crippen molar-refractivity contribution in [3.05, 3.63) is 59.7 Å². The summed E-state index contributed by atoms with van der Waals surface area (Å²) in [6, 6.07) is 13.2. The molecule has 0 fully saturated rings. The number of hydrogen-bond acceptors (Lipinski definition) is 3. The zero-order chi connectivity index (χ0) is 18.0. The van der Waals surface area contributed by atoms with Crippen LogP contribution in [0.3, 0.4) is 0 Å². The second-order valence-corrected chi connectivity index (χ2v) is 6.50. The molecule has 0 spiro atoms. The lowest BCUT2D eigenvalue weighted by Gasteiger charge is -2.19. The third-order valence-corrected chi connectivity index (χ3v) is 4.53. The molecular weight excluding hydrogens is 321 g/mol. The highest BCUT2D eigenvalue weighted by Crippen LogP contribution is 2.44. The lowest BCUT2D eigenvalue weighted by atomic mass is 9.98. The summed E-state index contributed by atoms with van der Waals surface area (Å²) in [6.07, 6.45) is -0.786. The Morgan fingerprint density at radius 1 is 1.04 bits per heavy atom. The number of nitrogens with one attached hydrogen (secondary N) is 1. The molecule has 0 radical (unpaired) electrons. The lowest BCUT2D eigenvalue weighted by Crippen LogP contribution is -2.43. The monoisotopic (exact) mass is 341 g/mol. The molecule has 1 aliphatic rings. The molecule has 2 aromatic carbocycles. The second-order valence-electron chi connectivity index (χ2n) is 6.50. The Hall–Kier alpha value is -2.69. The van der Waals surface area contributed by atoms with E-state index < -0.39 is 18.2 Å². The molecule has 130 valence electrons. The van der Waals surface area contributed by atoms with Crippen molar-refractivity contribution in [1.82, 2.24) is 5.32 Å². The number of carbonyl (C=O) groups excluding carboxylic acids is 2. The third-order valence-electron chi connectivity index (χ3n) is 4.53. The first kappa shape index (κ1) is 17.1. The molecular formula is C20H20FNO3. The Morgan fingerprint density at radius 2 is 1.56 bits per heavy atom. The molecule has 0 saturated carbocycles. The number of fused-ring (bicyclic) bond motifs is 3. The van der Waals surface area contributed by atoms with Gasteiger partial charge in [-0.05, 0) is 28.2 Å². The van der Waals surface area contributed by atoms with Crippen LogP contribution in [0.5, 0.6) is 0 Å². The highest BCUT2D eigenvalue weighted by Gasteiger charge is 2.30. The van der Waals surface area contributed by atoms with Gasteiger partial charge in [-0.25, -0.2) is 4.79 Å². The van der Waals surface area contributed by atoms with Gasteiger partial charge in [-0.1, -0.05) is 62.4 Å². The fraction of sp³-hybridized carbons (Fsp3) is 0.300. The summed E-state index contributed by atoms with van der Waals surface area (Å²) >= 11 is 0. The van der Waals surface area contributed by atoms with Crippen molar-refractivity contribution < 1.29 is 18.7 Å². The molecule has 1 aliphatic carbocycles. The van der Waals surface area contributed by atoms with E-state index in [4.69, 9.17) is 4.74 Å². The van der Waals surface area contributed by atoms with Crippen molar-refractivity contribution in [2.24, 2.45) is 5.92 Å². The maximum Gasteiger partial charge on any atom is 0.407 e. The number of amides is 1. The van der Waals surface area contributed by atoms with E-state index in [1.54, 1.807) is 13.8 Å². The third kappa shape index (κ3) is 3.40. The largest absolute Gasteiger partial charge is 0.449 e. The number of carbonyl (C=O) groups is 2. The molecule has 1 N–H and O–H groups in total. The summed E-state index contributed by atoms with van der Waals surface area (Å²) in [5.41, 5.74) is 4.45. The van der Waals surface area contributed by atoms with E-state index in [2.05, 4.69) is 5.32 Å². The van der Waals surface area contributed by atoms with Gasteiger partial charge in [-0.2, -0.15) is 4.39 Å². The normalized spacial score (nSPS) is 13.9. The fourth-order valence-corrected chi connectivity index (χ4v) is 3.25. The smallest absolute Gasteiger partial charge is 0.407 e. The van der Waals surface area contributed by atoms with Crippen molar-refractivity contribution in [3.63, 3.8) is 0 Å². The van der Waals surface area contributed by atoms with Gasteiger partial charge in [0.05, 0.1) is 0 Å². The van der Waals surface area contributed by atoms with E-state index in [1.165, 1.54) is 0 Å². The SMILES string of the molecule is CC(C)[C@@H](NC(=O)OCC1c2ccccc2-c2ccccc21)C(=O)F. The molecule has 4 nitrogen and oxygen atoms in total. The molecule has 2 aromatic rings. The number of ether oxygens (including phenoxy) is 1. The number of hydrogen-bond donors (Lipinski definition) is 1. The van der Waals surface area contributed by atoms with Crippen LogP contribution in [0, 0.1) is 5.92 Å². The van der Waals surface area contributed by atoms with Gasteiger partial charge in [-0.15, -0.1) is 0 Å². The minimum atomic E-state index is -1.57. The first-order valence-corrected chi connectivity index (χ1v) is 8.30. The number of halogens is 1. The molecule has 1 amide bonds. The summed E-state index contributed by atoms with van der Waals surface area (Å²) in [4.78, 5) is 23.0. The molecule has 5 heteroatoms. The molecule has 25 heavy (non-hydrogen) atoms. The van der Waals surface area contributed by atoms with E-state index >= 15 is 0 Å². The van der Waals surface area contributed by atoms with E-state index in [-0.39, 0.29) is 18.4 Å². The maximum atomic E-state index is 13.0. The summed E-state index contributed by atoms with van der Waals surface area (Å²) < 4.78 is 18.3. The standard InChI is InChI=1S/C20H20FNO3/c1-12(2)18(19(21)23)22-20(24)25-11-17-15-9-5-3-7-13(15)14-8-4-6-10-16(14)17/h3-10,12,17-18H,11H2,1-2H3,(H,22,24)/t18-/m1/s1. The molecule has 0 aromatic heterocycles. The highest BCUT2D eigenvalue weighted by molar-refractivity contribution is 5.81. The van der Waals surface area contributed by atoms with Crippen molar-refractivity contribution >= 4 is 12.1 Å². The Labute approximate surface area is 146 Å². The Bertz CT molecular complexity index is 758. The average Bonchev–Trinajstić information content (AvgIpc) is 2.91. The zero-order valence-electron chi connectivity index (χ0n) is 14.2. The van der Waals surface area contributed by atoms with Crippen molar-refractivity contribution in [3.8, 4) is 11.1 Å². The number of benzene rings is 2. The van der Waals surface area contributed by atoms with E-state index in [9.17, 15) is 14.0 Å². The number of alkyl carbamates (subject to hydrolysis) is 1. The van der Waals surface area contributed by atoms with Crippen molar-refractivity contribution in [1.29, 1.82) is 0 Å². The van der Waals surface area contributed by atoms with Gasteiger partial charge in [0.2, 0.25) is 0 Å². The van der Waals surface area contributed by atoms with Crippen LogP contribution >= 0.6 is 0 Å². The highest BCUT2D eigenvalue weighted by atomic mass is 19.1. The minimum Gasteiger partial charge on any atom is -0.449 e. The summed E-state index contributed by atoms with van der Waals surface area (Å²) in [5.74, 6) is -0.422. The van der Waals surface area contributed by atoms with Gasteiger partial charge in [0.25, 0.3) is 0 Å². The van der Waals surface area contributed by atoms with Gasteiger partial charge in [0.1, 0.15) is 12.6 Å². The van der Waals surface area contributed by atoms with Crippen LogP contribution in [0.1, 0.15) is 30.9 Å². The van der Waals surface area contributed by atoms with Gasteiger partial charge in [-0.3, -0.25) is 4.79 Å². The summed E-state index contributed by atoms with van der Waals surface area (Å²) in [7, 11) is 0. The Morgan fingerprint density at radius 3 is 2.04 bits per heavy atom. The minimum absolute atomic E-state index is 0.0725. The van der Waals surface area contributed by atoms with Crippen LogP contribution in [0.4, 0.5) is 9.18 Å². The maximum absolute atomic E-state index is 13.0. The fourth-order valence-electron chi connectivity index (χ4n) is 3.25. The molecule has 1 atom stereocenters. The van der Waals surface area contributed by atoms with Crippen LogP contribution < -0.4 is 5.32 Å². The lowest BCUT2D eigenvalue weighted by molar-refractivity contribution is -0.132. The molecule has 0 aliphatic heterocycles. The Balaban J connectivity index is 1.73. The van der Waals surface area contributed by atoms with E-state index in [0.717, 1.165) is 22.3 Å². The van der Waals surface area contributed by atoms with Crippen LogP contribution in [0.2, 0.25) is 0 Å². The summed E-state index contributed by atoms with van der Waals surface area (Å²) in [5, 5.41) is 2.30. The van der Waals surface area contributed by atoms with Crippen LogP contribution in [-0.4, -0.2) is 24.8 Å². The molecule has 0 saturated heterocycles. The summed E-state index contributed by atoms with van der Waals surface area (Å²) in [6.45, 7) is 3.45. The van der Waals surface area contributed by atoms with Crippen molar-refractivity contribution in [2.45, 2.75) is 25.8 Å². The number of rotatable bonds is 5. The van der Waals surface area contributed by atoms with E-state index in [0.29, 0.717) is 0 Å². The van der Waals surface area contributed by atoms with Crippen LogP contribution in [0.15, 0.2) is 48.5 Å². The van der Waals surface area contributed by atoms with Crippen LogP contribution in [-0.2, 0) is 9.53 Å². The second kappa shape index (κ2) is 7.05. The molecule has 3 rings (SSSR count). The topological polar surface area (TPSA) is 55.4 Å². The first-order valence-electron chi connectivity index (χ1n) is 8.30. The first-order chi connectivity index (χ1) is 12.0. The molecule has 0 bridgehead atoms. The van der Waals surface area contributed by atoms with Crippen LogP contribution in [0.25, 0.3) is 11.1 Å². The average molecular weight is 341 g/mol. The predicted octanol–water partition coefficient (Wildman–Crippen LogP) is 4.05. The van der Waals surface area contributed by atoms with E-state index in [1.807, 2.05) is 48.5 Å². The predicted molar refractivity (Wildman–Crippen MR) is 92.9 cm³/mol. The molecule has 0 heterocycles. The van der Waals surface area contributed by atoms with Gasteiger partial charge < -0.3 is 10.1 Å². The van der Waals surface area contributed by atoms with Gasteiger partial charge in [0.15, 0.2) is 0 Å². The molecule has 0 unspecified atom stereocenters. The quantitative estimate of drug-likeness (QED) is 0.835. The van der Waals surface area contributed by atoms with Crippen molar-refractivity contribution in [2.75, 3.05) is 6.61 Å². The Kier molecular flexibility index (Phi) is 4.83. The van der Waals surface area contributed by atoms with Gasteiger partial charge in [0, 0.05) is 5.92 Å². The zero-order valence-corrected chi connectivity index (χ0v) is 14.2. The van der Waals surface area contributed by atoms with Gasteiger partial charge >= 0.3 is 12.1 Å².